The van der Waals surface area contributed by atoms with Crippen LogP contribution in [0.2, 0.25) is 0 Å². The lowest BCUT2D eigenvalue weighted by Gasteiger charge is -2.18. The topological polar surface area (TPSA) is 118 Å². The summed E-state index contributed by atoms with van der Waals surface area (Å²) >= 11 is 0. The normalized spacial score (nSPS) is 15.1. The number of aromatic amines is 1. The summed E-state index contributed by atoms with van der Waals surface area (Å²) in [5.41, 5.74) is 3.25. The van der Waals surface area contributed by atoms with Crippen molar-refractivity contribution >= 4 is 36.9 Å². The summed E-state index contributed by atoms with van der Waals surface area (Å²) in [5, 5.41) is 15.1. The first-order valence-corrected chi connectivity index (χ1v) is 11.5. The van der Waals surface area contributed by atoms with Crippen molar-refractivity contribution in [3.8, 4) is 0 Å². The molecule has 2 heterocycles. The number of nitrogens with one attached hydrogen (secondary N) is 3. The van der Waals surface area contributed by atoms with Gasteiger partial charge in [-0.05, 0) is 44.7 Å². The maximum atomic E-state index is 13.8. The summed E-state index contributed by atoms with van der Waals surface area (Å²) in [6.07, 6.45) is 6.05. The van der Waals surface area contributed by atoms with Crippen LogP contribution in [0.5, 0.6) is 0 Å². The van der Waals surface area contributed by atoms with Crippen molar-refractivity contribution in [1.29, 1.82) is 0 Å². The van der Waals surface area contributed by atoms with Crippen LogP contribution in [0.4, 0.5) is 8.63 Å². The van der Waals surface area contributed by atoms with Gasteiger partial charge in [-0.2, -0.15) is 0 Å². The van der Waals surface area contributed by atoms with Gasteiger partial charge >= 0.3 is 7.40 Å². The second-order valence-electron chi connectivity index (χ2n) is 8.46. The maximum Gasteiger partial charge on any atom is 0.609 e. The number of hydroxylamine groups is 2. The number of nitrogens with zero attached hydrogens (tertiary/aromatic N) is 2. The van der Waals surface area contributed by atoms with Gasteiger partial charge in [-0.3, -0.25) is 19.6 Å². The van der Waals surface area contributed by atoms with Gasteiger partial charge in [0.2, 0.25) is 17.7 Å². The highest BCUT2D eigenvalue weighted by atomic mass is 19.2. The van der Waals surface area contributed by atoms with Crippen molar-refractivity contribution in [2.75, 3.05) is 13.6 Å². The van der Waals surface area contributed by atoms with Crippen molar-refractivity contribution in [3.05, 3.63) is 40.9 Å². The van der Waals surface area contributed by atoms with Gasteiger partial charge in [-0.1, -0.05) is 0 Å². The number of rotatable bonds is 12. The molecule has 0 aliphatic carbocycles. The van der Waals surface area contributed by atoms with E-state index in [0.717, 1.165) is 21.4 Å². The standard InChI is InChI=1S/C23H32BF2N5O4/c1-15-13-16(2)28-21(15)14-19-9-8-18(31(19)24(25)26)10-11-22(33)29-20(23(34)27-4)7-5-6-12-30(35)17(3)32/h8-9,13-14,20,28,35H,5-7,10-12H2,1-4H3,(H-,27,29,33,34)/q-1/p+1/b19-14-/t20-/m0/s1. The van der Waals surface area contributed by atoms with Crippen molar-refractivity contribution in [1.82, 2.24) is 20.7 Å². The lowest BCUT2D eigenvalue weighted by Crippen LogP contribution is -2.45. The summed E-state index contributed by atoms with van der Waals surface area (Å²) in [4.78, 5) is 38.8. The van der Waals surface area contributed by atoms with Crippen molar-refractivity contribution in [2.24, 2.45) is 0 Å². The molecule has 0 spiro atoms. The fourth-order valence-electron chi connectivity index (χ4n) is 3.83. The van der Waals surface area contributed by atoms with E-state index >= 15 is 0 Å². The molecule has 1 aliphatic heterocycles. The molecule has 0 aromatic carbocycles. The minimum atomic E-state index is -2.77. The fraction of sp³-hybridized carbons (Fsp3) is 0.478. The quantitative estimate of drug-likeness (QED) is 0.155. The number of halogens is 2. The summed E-state index contributed by atoms with van der Waals surface area (Å²) in [7, 11) is -1.32. The third kappa shape index (κ3) is 8.16. The predicted molar refractivity (Wildman–Crippen MR) is 129 cm³/mol. The van der Waals surface area contributed by atoms with E-state index in [1.807, 2.05) is 19.9 Å². The molecule has 2 rings (SSSR count). The smallest absolute Gasteiger partial charge is 0.433 e. The molecule has 0 fully saturated rings. The largest absolute Gasteiger partial charge is 0.609 e. The van der Waals surface area contributed by atoms with Crippen LogP contribution in [-0.4, -0.2) is 70.2 Å². The predicted octanol–water partition coefficient (Wildman–Crippen LogP) is 2.34. The minimum Gasteiger partial charge on any atom is -0.433 e. The molecule has 0 unspecified atom stereocenters. The van der Waals surface area contributed by atoms with E-state index in [9.17, 15) is 28.2 Å². The van der Waals surface area contributed by atoms with Gasteiger partial charge in [-0.15, -0.1) is 0 Å². The molecular weight excluding hydrogens is 459 g/mol. The first-order valence-electron chi connectivity index (χ1n) is 11.5. The van der Waals surface area contributed by atoms with Crippen LogP contribution in [0.1, 0.15) is 56.0 Å². The van der Waals surface area contributed by atoms with E-state index in [2.05, 4.69) is 15.6 Å². The number of H-pyrrole nitrogens is 1. The highest BCUT2D eigenvalue weighted by Crippen LogP contribution is 2.20. The van der Waals surface area contributed by atoms with E-state index in [1.54, 1.807) is 18.2 Å². The van der Waals surface area contributed by atoms with Crippen molar-refractivity contribution in [3.63, 3.8) is 0 Å². The first-order chi connectivity index (χ1) is 16.5. The van der Waals surface area contributed by atoms with E-state index in [-0.39, 0.29) is 25.3 Å². The Morgan fingerprint density at radius 3 is 2.54 bits per heavy atom. The van der Waals surface area contributed by atoms with Gasteiger partial charge in [0, 0.05) is 63.0 Å². The molecule has 1 atom stereocenters. The molecule has 35 heavy (non-hydrogen) atoms. The number of likely N-dealkylation sites (N-methyl/N-ethyl adjacent to an activating group) is 1. The van der Waals surface area contributed by atoms with Crippen molar-refractivity contribution in [2.45, 2.75) is 58.9 Å². The van der Waals surface area contributed by atoms with Crippen LogP contribution < -0.4 is 10.6 Å². The average molecular weight is 492 g/mol. The highest BCUT2D eigenvalue weighted by molar-refractivity contribution is 6.35. The zero-order valence-corrected chi connectivity index (χ0v) is 20.5. The number of carbonyl (C=O) groups excluding carboxylic acids is 3. The second-order valence-corrected chi connectivity index (χ2v) is 8.46. The number of aryl methyl sites for hydroxylation is 2. The molecule has 0 bridgehead atoms. The molecule has 191 valence electrons. The molecule has 1 radical (unpaired) electrons. The molecular formula is C23H33BF2N5O4. The molecule has 0 saturated heterocycles. The summed E-state index contributed by atoms with van der Waals surface area (Å²) < 4.78 is 28.6. The summed E-state index contributed by atoms with van der Waals surface area (Å²) in [5.74, 6) is -1.29. The number of hydrogen-bond acceptors (Lipinski definition) is 4. The average Bonchev–Trinajstić information content (AvgIpc) is 3.35. The Labute approximate surface area is 204 Å². The van der Waals surface area contributed by atoms with Crippen LogP contribution in [-0.2, 0) is 14.4 Å². The lowest BCUT2D eigenvalue weighted by atomic mass is 10.1. The molecule has 4 N–H and O–H groups in total. The number of hydrogen-bond donors (Lipinski definition) is 4. The number of aromatic nitrogens is 1. The summed E-state index contributed by atoms with van der Waals surface area (Å²) in [6.45, 7) is 5.14. The molecule has 12 heteroatoms. The fourth-order valence-corrected chi connectivity index (χ4v) is 3.83. The van der Waals surface area contributed by atoms with Crippen LogP contribution in [0.15, 0.2) is 23.9 Å². The van der Waals surface area contributed by atoms with Gasteiger partial charge in [0.05, 0.1) is 0 Å². The zero-order chi connectivity index (χ0) is 26.1. The molecule has 0 saturated carbocycles. The van der Waals surface area contributed by atoms with Gasteiger partial charge in [0.15, 0.2) is 5.70 Å². The third-order valence-electron chi connectivity index (χ3n) is 5.69. The third-order valence-corrected chi connectivity index (χ3v) is 5.69. The van der Waals surface area contributed by atoms with Crippen LogP contribution in [0, 0.1) is 13.8 Å². The van der Waals surface area contributed by atoms with Crippen LogP contribution in [0.25, 0.3) is 6.08 Å². The van der Waals surface area contributed by atoms with E-state index in [0.29, 0.717) is 35.7 Å². The zero-order valence-electron chi connectivity index (χ0n) is 20.5. The van der Waals surface area contributed by atoms with E-state index in [1.165, 1.54) is 14.0 Å². The van der Waals surface area contributed by atoms with Gasteiger partial charge < -0.3 is 28.7 Å². The van der Waals surface area contributed by atoms with Gasteiger partial charge in [0.1, 0.15) is 11.8 Å². The van der Waals surface area contributed by atoms with Crippen molar-refractivity contribution < 1.29 is 32.7 Å². The molecule has 1 aromatic rings. The van der Waals surface area contributed by atoms with Crippen LogP contribution in [0.3, 0.4) is 0 Å². The Balaban J connectivity index is 1.99. The van der Waals surface area contributed by atoms with Crippen LogP contribution >= 0.6 is 0 Å². The van der Waals surface area contributed by atoms with Gasteiger partial charge in [-0.25, -0.2) is 5.06 Å². The lowest BCUT2D eigenvalue weighted by molar-refractivity contribution is -0.342. The Morgan fingerprint density at radius 1 is 1.26 bits per heavy atom. The van der Waals surface area contributed by atoms with E-state index in [4.69, 9.17) is 0 Å². The monoisotopic (exact) mass is 492 g/mol. The highest BCUT2D eigenvalue weighted by Gasteiger charge is 2.27. The minimum absolute atomic E-state index is 0.0704. The Hall–Kier alpha value is -3.28. The Kier molecular flexibility index (Phi) is 10.4. The molecule has 3 amide bonds. The number of carbonyl (C=O) groups is 3. The molecule has 1 aliphatic rings. The maximum absolute atomic E-state index is 13.8. The number of unbranched alkanes of at least 4 members (excludes halogenated alkanes) is 1. The molecule has 9 nitrogen and oxygen atoms in total. The summed E-state index contributed by atoms with van der Waals surface area (Å²) in [6, 6.07) is 1.13. The molecule has 1 aromatic heterocycles. The van der Waals surface area contributed by atoms with Gasteiger partial charge in [0.25, 0.3) is 0 Å². The Bertz CT molecular complexity index is 1040. The first kappa shape index (κ1) is 28.0. The number of allylic oxidation sites excluding steroid dienone is 2. The SMILES string of the molecule is CNC(=O)[C@H](CCCCN(O)C(C)=O)NC(=O)CCC1=[N+]([B-](F)F)/C(=C\c2[nH]c(C)cc2C)C=C1. The van der Waals surface area contributed by atoms with E-state index < -0.39 is 25.3 Å². The Morgan fingerprint density at radius 2 is 1.97 bits per heavy atom. The number of amides is 3. The second kappa shape index (κ2) is 13.0.